The third kappa shape index (κ3) is 3.17. The number of nitrogens with zero attached hydrogens (tertiary/aromatic N) is 2. The molecule has 1 N–H and O–H groups in total. The molecule has 3 rings (SSSR count). The first-order chi connectivity index (χ1) is 10.8. The Balaban J connectivity index is 1.69. The van der Waals surface area contributed by atoms with E-state index in [1.165, 1.54) is 5.56 Å². The second-order valence-corrected chi connectivity index (χ2v) is 5.31. The van der Waals surface area contributed by atoms with Gasteiger partial charge in [0.15, 0.2) is 0 Å². The summed E-state index contributed by atoms with van der Waals surface area (Å²) in [6.07, 6.45) is 2.39. The molecule has 4 nitrogen and oxygen atoms in total. The number of aromatic nitrogens is 2. The summed E-state index contributed by atoms with van der Waals surface area (Å²) < 4.78 is 2.14. The summed E-state index contributed by atoms with van der Waals surface area (Å²) >= 11 is 0. The third-order valence-corrected chi connectivity index (χ3v) is 3.71. The van der Waals surface area contributed by atoms with Crippen molar-refractivity contribution >= 4 is 16.9 Å². The summed E-state index contributed by atoms with van der Waals surface area (Å²) in [5.41, 5.74) is 4.48. The van der Waals surface area contributed by atoms with Crippen molar-refractivity contribution in [2.75, 3.05) is 0 Å². The van der Waals surface area contributed by atoms with Crippen LogP contribution in [0.15, 0.2) is 54.9 Å². The number of para-hydroxylation sites is 2. The van der Waals surface area contributed by atoms with Crippen molar-refractivity contribution in [2.45, 2.75) is 26.4 Å². The van der Waals surface area contributed by atoms with Gasteiger partial charge in [-0.15, -0.1) is 0 Å². The molecule has 112 valence electrons. The van der Waals surface area contributed by atoms with Gasteiger partial charge in [0.2, 0.25) is 5.91 Å². The Bertz CT molecular complexity index is 774. The molecule has 0 radical (unpaired) electrons. The predicted molar refractivity (Wildman–Crippen MR) is 87.4 cm³/mol. The average molecular weight is 293 g/mol. The number of nitrogens with one attached hydrogen (secondary N) is 1. The number of rotatable bonds is 5. The van der Waals surface area contributed by atoms with Crippen molar-refractivity contribution < 1.29 is 4.79 Å². The molecule has 0 saturated heterocycles. The molecule has 0 bridgehead atoms. The molecule has 1 heterocycles. The Labute approximate surface area is 129 Å². The molecule has 1 aromatic heterocycles. The van der Waals surface area contributed by atoms with E-state index in [1.807, 2.05) is 31.5 Å². The van der Waals surface area contributed by atoms with Gasteiger partial charge >= 0.3 is 0 Å². The van der Waals surface area contributed by atoms with Crippen LogP contribution in [0.3, 0.4) is 0 Å². The molecule has 4 heteroatoms. The summed E-state index contributed by atoms with van der Waals surface area (Å²) in [5, 5.41) is 2.88. The van der Waals surface area contributed by atoms with Crippen LogP contribution in [-0.2, 0) is 17.9 Å². The molecule has 2 aromatic carbocycles. The van der Waals surface area contributed by atoms with Crippen molar-refractivity contribution in [1.29, 1.82) is 0 Å². The highest BCUT2D eigenvalue weighted by atomic mass is 16.1. The van der Waals surface area contributed by atoms with Crippen molar-refractivity contribution in [2.24, 2.45) is 0 Å². The maximum absolute atomic E-state index is 11.3. The van der Waals surface area contributed by atoms with Crippen LogP contribution in [0.4, 0.5) is 0 Å². The van der Waals surface area contributed by atoms with Gasteiger partial charge in [-0.05, 0) is 23.3 Å². The molecule has 0 aliphatic carbocycles. The minimum atomic E-state index is 0.0777. The molecule has 0 atom stereocenters. The number of hydrogen-bond acceptors (Lipinski definition) is 2. The Hall–Kier alpha value is -2.62. The molecule has 22 heavy (non-hydrogen) atoms. The van der Waals surface area contributed by atoms with E-state index in [2.05, 4.69) is 45.2 Å². The molecule has 0 aliphatic rings. The van der Waals surface area contributed by atoms with Gasteiger partial charge in [0.05, 0.1) is 17.4 Å². The van der Waals surface area contributed by atoms with Crippen LogP contribution in [0.2, 0.25) is 0 Å². The van der Waals surface area contributed by atoms with Gasteiger partial charge in [0.25, 0.3) is 0 Å². The fraction of sp³-hybridized carbons (Fsp3) is 0.222. The second-order valence-electron chi connectivity index (χ2n) is 5.31. The molecule has 0 spiro atoms. The Kier molecular flexibility index (Phi) is 4.19. The topological polar surface area (TPSA) is 46.9 Å². The monoisotopic (exact) mass is 293 g/mol. The van der Waals surface area contributed by atoms with Crippen LogP contribution < -0.4 is 5.32 Å². The van der Waals surface area contributed by atoms with Crippen molar-refractivity contribution in [3.05, 3.63) is 66.0 Å². The normalized spacial score (nSPS) is 10.8. The number of amides is 1. The van der Waals surface area contributed by atoms with Gasteiger partial charge in [-0.2, -0.15) is 0 Å². The smallest absolute Gasteiger partial charge is 0.219 e. The zero-order valence-electron chi connectivity index (χ0n) is 12.6. The molecule has 0 saturated carbocycles. The summed E-state index contributed by atoms with van der Waals surface area (Å²) in [7, 11) is 0. The van der Waals surface area contributed by atoms with E-state index in [0.29, 0.717) is 13.0 Å². The first-order valence-electron chi connectivity index (χ1n) is 7.50. The lowest BCUT2D eigenvalue weighted by atomic mass is 10.1. The number of fused-ring (bicyclic) bond motifs is 1. The summed E-state index contributed by atoms with van der Waals surface area (Å²) in [6.45, 7) is 3.23. The molecular formula is C18H19N3O. The van der Waals surface area contributed by atoms with E-state index < -0.39 is 0 Å². The number of hydrogen-bond donors (Lipinski definition) is 1. The molecule has 3 aromatic rings. The van der Waals surface area contributed by atoms with Crippen LogP contribution in [0.5, 0.6) is 0 Å². The van der Waals surface area contributed by atoms with Crippen LogP contribution in [0, 0.1) is 0 Å². The van der Waals surface area contributed by atoms with Gasteiger partial charge in [-0.3, -0.25) is 4.79 Å². The van der Waals surface area contributed by atoms with E-state index >= 15 is 0 Å². The van der Waals surface area contributed by atoms with Gasteiger partial charge in [-0.25, -0.2) is 4.98 Å². The van der Waals surface area contributed by atoms with Gasteiger partial charge in [0.1, 0.15) is 0 Å². The standard InChI is InChI=1S/C18H19N3O/c1-2-18(22)19-11-14-7-9-15(10-8-14)12-21-13-20-16-5-3-4-6-17(16)21/h3-10,13H,2,11-12H2,1H3,(H,19,22). The SMILES string of the molecule is CCC(=O)NCc1ccc(Cn2cnc3ccccc32)cc1. The summed E-state index contributed by atoms with van der Waals surface area (Å²) in [6, 6.07) is 16.4. The molecule has 1 amide bonds. The fourth-order valence-corrected chi connectivity index (χ4v) is 2.42. The van der Waals surface area contributed by atoms with E-state index in [0.717, 1.165) is 23.1 Å². The van der Waals surface area contributed by atoms with Gasteiger partial charge < -0.3 is 9.88 Å². The van der Waals surface area contributed by atoms with Crippen LogP contribution in [0.1, 0.15) is 24.5 Å². The highest BCUT2D eigenvalue weighted by Crippen LogP contribution is 2.14. The fourth-order valence-electron chi connectivity index (χ4n) is 2.42. The minimum Gasteiger partial charge on any atom is -0.352 e. The quantitative estimate of drug-likeness (QED) is 0.785. The third-order valence-electron chi connectivity index (χ3n) is 3.71. The van der Waals surface area contributed by atoms with Crippen molar-refractivity contribution in [1.82, 2.24) is 14.9 Å². The van der Waals surface area contributed by atoms with E-state index in [4.69, 9.17) is 0 Å². The molecule has 0 unspecified atom stereocenters. The molecule has 0 fully saturated rings. The van der Waals surface area contributed by atoms with Gasteiger partial charge in [0, 0.05) is 19.5 Å². The average Bonchev–Trinajstić information content (AvgIpc) is 2.97. The number of imidazole rings is 1. The zero-order chi connectivity index (χ0) is 15.4. The zero-order valence-corrected chi connectivity index (χ0v) is 12.6. The predicted octanol–water partition coefficient (Wildman–Crippen LogP) is 3.11. The van der Waals surface area contributed by atoms with Crippen molar-refractivity contribution in [3.63, 3.8) is 0 Å². The number of carbonyl (C=O) groups excluding carboxylic acids is 1. The Morgan fingerprint density at radius 2 is 1.82 bits per heavy atom. The maximum Gasteiger partial charge on any atom is 0.219 e. The Morgan fingerprint density at radius 1 is 1.09 bits per heavy atom. The highest BCUT2D eigenvalue weighted by molar-refractivity contribution is 5.75. The first-order valence-corrected chi connectivity index (χ1v) is 7.50. The van der Waals surface area contributed by atoms with E-state index in [-0.39, 0.29) is 5.91 Å². The lowest BCUT2D eigenvalue weighted by molar-refractivity contribution is -0.120. The largest absolute Gasteiger partial charge is 0.352 e. The lowest BCUT2D eigenvalue weighted by Gasteiger charge is -2.07. The van der Waals surface area contributed by atoms with E-state index in [9.17, 15) is 4.79 Å². The first kappa shape index (κ1) is 14.3. The number of benzene rings is 2. The van der Waals surface area contributed by atoms with Gasteiger partial charge in [-0.1, -0.05) is 43.3 Å². The molecular weight excluding hydrogens is 274 g/mol. The van der Waals surface area contributed by atoms with Crippen LogP contribution in [-0.4, -0.2) is 15.5 Å². The molecule has 0 aliphatic heterocycles. The van der Waals surface area contributed by atoms with E-state index in [1.54, 1.807) is 0 Å². The Morgan fingerprint density at radius 3 is 2.59 bits per heavy atom. The number of carbonyl (C=O) groups is 1. The van der Waals surface area contributed by atoms with Crippen LogP contribution in [0.25, 0.3) is 11.0 Å². The van der Waals surface area contributed by atoms with Crippen molar-refractivity contribution in [3.8, 4) is 0 Å². The summed E-state index contributed by atoms with van der Waals surface area (Å²) in [4.78, 5) is 15.7. The minimum absolute atomic E-state index is 0.0777. The lowest BCUT2D eigenvalue weighted by Crippen LogP contribution is -2.21. The second kappa shape index (κ2) is 6.43. The summed E-state index contributed by atoms with van der Waals surface area (Å²) in [5.74, 6) is 0.0777. The highest BCUT2D eigenvalue weighted by Gasteiger charge is 2.03. The van der Waals surface area contributed by atoms with Crippen LogP contribution >= 0.6 is 0 Å². The maximum atomic E-state index is 11.3.